The molecule has 36 atom stereocenters. The van der Waals surface area contributed by atoms with Gasteiger partial charge in [-0.1, -0.05) is 50.2 Å². The molecule has 38 heteroatoms. The maximum atomic E-state index is 14.2. The molecule has 21 saturated heterocycles. The van der Waals surface area contributed by atoms with E-state index in [-0.39, 0.29) is 17.7 Å². The van der Waals surface area contributed by atoms with Crippen molar-refractivity contribution < 1.29 is 178 Å². The number of nitrogens with zero attached hydrogens (tertiary/aromatic N) is 1. The van der Waals surface area contributed by atoms with E-state index in [1.165, 1.54) is 0 Å². The predicted molar refractivity (Wildman–Crippen MR) is 295 cm³/mol. The average Bonchev–Trinajstić information content (AvgIpc) is 0.987. The van der Waals surface area contributed by atoms with Crippen molar-refractivity contribution in [2.45, 2.75) is 241 Å². The molecule has 1 aromatic rings. The number of aliphatic hydroxyl groups is 20. The van der Waals surface area contributed by atoms with Gasteiger partial charge in [-0.15, -0.1) is 0 Å². The number of benzene rings is 1. The van der Waals surface area contributed by atoms with Crippen LogP contribution in [0.15, 0.2) is 29.4 Å². The summed E-state index contributed by atoms with van der Waals surface area (Å²) < 4.78 is 81.6. The highest BCUT2D eigenvalue weighted by Crippen LogP contribution is 2.39. The highest BCUT2D eigenvalue weighted by Gasteiger charge is 2.60. The van der Waals surface area contributed by atoms with Crippen LogP contribution in [0.25, 0.3) is 0 Å². The SMILES string of the molecule is CC(C)(C)c1ccc(C2=NOCC2C(=O)NC[C@H]2O[C@@H]3O[C@H]4[C@H](O)[C@@H](O)[C@@H](O[C@H]5[C@H](O)[C@@H](O)[C@@H](O[C@H]6[C@H](O)[C@@H](O)[C@@H](O[C@H]7[C@H](O)[C@@H](O)[C@@H](O[C@H]8[C@H](O)[C@@H](O)[C@@H](O[C@H]9[C@H](O)[C@@H](O)[C@@H](O[C@H]2[C@H](O)[C@H]3O)O[C@@H]9CO)O[C@@H]8CO)O[C@@H]7CO)O[C@@H]6CO)O[C@@H]5CO)O[C@@H]4CO)cc1. The van der Waals surface area contributed by atoms with Crippen LogP contribution in [0.4, 0.5) is 0 Å². The second kappa shape index (κ2) is 30.7. The first-order chi connectivity index (χ1) is 44.7. The first-order valence-electron chi connectivity index (χ1n) is 30.6. The zero-order chi connectivity index (χ0) is 68.1. The Morgan fingerprint density at radius 1 is 0.372 bits per heavy atom. The van der Waals surface area contributed by atoms with Gasteiger partial charge in [0.2, 0.25) is 5.91 Å². The quantitative estimate of drug-likeness (QED) is 0.103. The number of rotatable bonds is 10. The molecule has 1 aromatic carbocycles. The molecule has 0 radical (unpaired) electrons. The maximum absolute atomic E-state index is 14.2. The van der Waals surface area contributed by atoms with E-state index in [0.29, 0.717) is 5.56 Å². The molecule has 22 aliphatic heterocycles. The molecule has 0 saturated carbocycles. The van der Waals surface area contributed by atoms with Crippen LogP contribution in [0.1, 0.15) is 31.9 Å². The average molecular weight is 1360 g/mol. The van der Waals surface area contributed by atoms with E-state index >= 15 is 0 Å². The molecule has 22 aliphatic rings. The molecule has 94 heavy (non-hydrogen) atoms. The van der Waals surface area contributed by atoms with Gasteiger partial charge in [0.05, 0.1) is 39.6 Å². The molecule has 1 unspecified atom stereocenters. The minimum Gasteiger partial charge on any atom is -0.394 e. The lowest BCUT2D eigenvalue weighted by Crippen LogP contribution is -2.68. The van der Waals surface area contributed by atoms with Crippen molar-refractivity contribution in [2.24, 2.45) is 11.1 Å². The van der Waals surface area contributed by atoms with Crippen molar-refractivity contribution in [3.63, 3.8) is 0 Å². The Labute approximate surface area is 534 Å². The summed E-state index contributed by atoms with van der Waals surface area (Å²) in [6.45, 7) is -1.33. The molecule has 23 rings (SSSR count). The standard InChI is InChI=1S/C56H86N2O36/c1-56(2,3)17-6-4-16(5-7-17)26-18(15-80-58-26)48(79)57-8-19-41-27(65)34(72)49(81-19)89-42-20(9-59)83-51(36(74)29(42)67)91-44-22(11-61)85-53(38(76)31(44)69)93-46-24(13-63)87-55(40(78)33(46)71)94-47-25(14-64)86-54(39(77)32(47)70)92-45-23(12-62)84-52(37(75)30(45)68)90-43-21(10-60)82-50(88-41)35(73)28(43)66/h4-7,18-25,27-47,49-55,59-78H,8-15H2,1-3H3,(H,57,79)/t18?,19-,20-,21-,22-,23-,24-,25-,27-,28-,29-,30-,31-,32-,33-,34-,35-,36-,37-,38-,39-,40-,41-,42-,43-,44-,45-,46-,47-,49-,50-,51-,52-,53-,54-,55-/m1/s1. The number of hydrogen-bond acceptors (Lipinski definition) is 37. The summed E-state index contributed by atoms with van der Waals surface area (Å²) in [7, 11) is 0. The monoisotopic (exact) mass is 1360 g/mol. The Hall–Kier alpha value is -3.20. The Kier molecular flexibility index (Phi) is 24.0. The number of ether oxygens (including phenoxy) is 14. The Balaban J connectivity index is 0.943. The van der Waals surface area contributed by atoms with Crippen molar-refractivity contribution in [1.29, 1.82) is 0 Å². The van der Waals surface area contributed by atoms with Crippen molar-refractivity contribution in [1.82, 2.24) is 5.32 Å². The molecule has 21 N–H and O–H groups in total. The number of nitrogens with one attached hydrogen (secondary N) is 1. The van der Waals surface area contributed by atoms with Crippen LogP contribution in [0.3, 0.4) is 0 Å². The van der Waals surface area contributed by atoms with Gasteiger partial charge in [-0.25, -0.2) is 0 Å². The fourth-order valence-electron chi connectivity index (χ4n) is 12.7. The third-order valence-corrected chi connectivity index (χ3v) is 18.2. The van der Waals surface area contributed by atoms with Crippen molar-refractivity contribution in [2.75, 3.05) is 52.8 Å². The van der Waals surface area contributed by atoms with Crippen LogP contribution in [-0.4, -0.2) is 381 Å². The fraction of sp³-hybridized carbons (Fsp3) is 0.857. The van der Waals surface area contributed by atoms with E-state index in [1.54, 1.807) is 12.1 Å². The lowest BCUT2D eigenvalue weighted by atomic mass is 9.85. The van der Waals surface area contributed by atoms with E-state index in [9.17, 15) is 107 Å². The summed E-state index contributed by atoms with van der Waals surface area (Å²) in [6.07, 6.45) is -71.8. The molecule has 22 heterocycles. The van der Waals surface area contributed by atoms with Crippen LogP contribution in [-0.2, 0) is 81.4 Å². The van der Waals surface area contributed by atoms with Crippen molar-refractivity contribution in [3.8, 4) is 0 Å². The summed E-state index contributed by atoms with van der Waals surface area (Å²) in [6, 6.07) is 7.21. The normalized spacial score (nSPS) is 49.1. The predicted octanol–water partition coefficient (Wildman–Crippen LogP) is -12.8. The van der Waals surface area contributed by atoms with Gasteiger partial charge in [0.1, 0.15) is 189 Å². The second-order valence-corrected chi connectivity index (χ2v) is 25.4. The lowest BCUT2D eigenvalue weighted by Gasteiger charge is -2.50. The summed E-state index contributed by atoms with van der Waals surface area (Å²) >= 11 is 0. The third-order valence-electron chi connectivity index (χ3n) is 18.2. The lowest BCUT2D eigenvalue weighted by molar-refractivity contribution is -0.396. The van der Waals surface area contributed by atoms with Crippen LogP contribution < -0.4 is 5.32 Å². The molecule has 38 nitrogen and oxygen atoms in total. The molecular formula is C56H86N2O36. The van der Waals surface area contributed by atoms with Crippen LogP contribution in [0, 0.1) is 5.92 Å². The van der Waals surface area contributed by atoms with Gasteiger partial charge in [-0.2, -0.15) is 0 Å². The number of amides is 1. The van der Waals surface area contributed by atoms with E-state index < -0.39 is 273 Å². The molecule has 0 spiro atoms. The first kappa shape index (κ1) is 73.5. The van der Waals surface area contributed by atoms with Gasteiger partial charge in [-0.3, -0.25) is 4.79 Å². The van der Waals surface area contributed by atoms with E-state index in [0.717, 1.165) is 5.56 Å². The fourth-order valence-corrected chi connectivity index (χ4v) is 12.7. The molecule has 21 fully saturated rings. The Morgan fingerprint density at radius 2 is 0.606 bits per heavy atom. The van der Waals surface area contributed by atoms with Crippen LogP contribution in [0.5, 0.6) is 0 Å². The minimum atomic E-state index is -2.28. The van der Waals surface area contributed by atoms with Gasteiger partial charge in [0, 0.05) is 12.1 Å². The van der Waals surface area contributed by atoms with Crippen LogP contribution in [0.2, 0.25) is 0 Å². The molecule has 14 bridgehead atoms. The number of carbonyl (C=O) groups is 1. The largest absolute Gasteiger partial charge is 0.394 e. The summed E-state index contributed by atoms with van der Waals surface area (Å²) in [4.78, 5) is 19.5. The topological polar surface area (TPSA) is 585 Å². The van der Waals surface area contributed by atoms with E-state index in [1.807, 2.05) is 32.9 Å². The van der Waals surface area contributed by atoms with E-state index in [2.05, 4.69) is 10.5 Å². The zero-order valence-corrected chi connectivity index (χ0v) is 50.7. The molecule has 0 aromatic heterocycles. The number of aliphatic hydroxyl groups excluding tert-OH is 20. The maximum Gasteiger partial charge on any atom is 0.232 e. The highest BCUT2D eigenvalue weighted by molar-refractivity contribution is 6.13. The van der Waals surface area contributed by atoms with Gasteiger partial charge in [-0.05, 0) is 11.0 Å². The number of hydrogen-bond donors (Lipinski definition) is 21. The van der Waals surface area contributed by atoms with Gasteiger partial charge < -0.3 is 179 Å². The summed E-state index contributed by atoms with van der Waals surface area (Å²) in [5, 5.41) is 232. The molecule has 536 valence electrons. The first-order valence-corrected chi connectivity index (χ1v) is 30.6. The highest BCUT2D eigenvalue weighted by atomic mass is 16.8. The van der Waals surface area contributed by atoms with Gasteiger partial charge in [0.15, 0.2) is 44.0 Å². The number of carbonyl (C=O) groups excluding carboxylic acids is 1. The van der Waals surface area contributed by atoms with E-state index in [4.69, 9.17) is 71.2 Å². The third kappa shape index (κ3) is 14.7. The molecule has 1 amide bonds. The summed E-state index contributed by atoms with van der Waals surface area (Å²) in [5.41, 5.74) is 1.50. The van der Waals surface area contributed by atoms with Crippen molar-refractivity contribution in [3.05, 3.63) is 35.4 Å². The minimum absolute atomic E-state index is 0.226. The zero-order valence-electron chi connectivity index (χ0n) is 50.7. The van der Waals surface area contributed by atoms with Crippen molar-refractivity contribution >= 4 is 11.6 Å². The molecular weight excluding hydrogens is 1280 g/mol. The Bertz CT molecular complexity index is 2620. The number of oxime groups is 1. The Morgan fingerprint density at radius 3 is 0.840 bits per heavy atom. The smallest absolute Gasteiger partial charge is 0.232 e. The molecule has 0 aliphatic carbocycles. The van der Waals surface area contributed by atoms with Crippen LogP contribution >= 0.6 is 0 Å². The van der Waals surface area contributed by atoms with Gasteiger partial charge >= 0.3 is 0 Å². The van der Waals surface area contributed by atoms with Gasteiger partial charge in [0.25, 0.3) is 0 Å². The summed E-state index contributed by atoms with van der Waals surface area (Å²) in [5.74, 6) is -1.80. The second-order valence-electron chi connectivity index (χ2n) is 25.4.